The van der Waals surface area contributed by atoms with E-state index in [0.717, 1.165) is 4.90 Å². The Bertz CT molecular complexity index is 554. The Labute approximate surface area is 111 Å². The van der Waals surface area contributed by atoms with Crippen LogP contribution in [0.3, 0.4) is 0 Å². The molecule has 0 aliphatic carbocycles. The highest BCUT2D eigenvalue weighted by Crippen LogP contribution is 2.46. The zero-order valence-corrected chi connectivity index (χ0v) is 10.4. The Morgan fingerprint density at radius 1 is 1.50 bits per heavy atom. The smallest absolute Gasteiger partial charge is 0.406 e. The van der Waals surface area contributed by atoms with Crippen LogP contribution < -0.4 is 0 Å². The largest absolute Gasteiger partial charge is 0.481 e. The molecule has 1 aromatic rings. The summed E-state index contributed by atoms with van der Waals surface area (Å²) in [6.07, 6.45) is -4.34. The predicted molar refractivity (Wildman–Crippen MR) is 57.9 cm³/mol. The van der Waals surface area contributed by atoms with Gasteiger partial charge in [0, 0.05) is 18.7 Å². The van der Waals surface area contributed by atoms with Crippen LogP contribution >= 0.6 is 0 Å². The minimum Gasteiger partial charge on any atom is -0.481 e. The van der Waals surface area contributed by atoms with Gasteiger partial charge in [-0.05, 0) is 13.3 Å². The van der Waals surface area contributed by atoms with Crippen molar-refractivity contribution in [3.8, 4) is 0 Å². The third kappa shape index (κ3) is 2.02. The SMILES string of the molecule is Cc1cnoc1C(=O)N1CCC(C(=O)O)(C(F)(F)F)C1. The number of alkyl halides is 3. The highest BCUT2D eigenvalue weighted by molar-refractivity contribution is 5.93. The molecule has 9 heteroatoms. The van der Waals surface area contributed by atoms with Gasteiger partial charge in [0.15, 0.2) is 5.41 Å². The van der Waals surface area contributed by atoms with Crippen molar-refractivity contribution in [2.24, 2.45) is 5.41 Å². The number of likely N-dealkylation sites (tertiary alicyclic amines) is 1. The second-order valence-corrected chi connectivity index (χ2v) is 4.70. The lowest BCUT2D eigenvalue weighted by atomic mass is 9.86. The lowest BCUT2D eigenvalue weighted by Crippen LogP contribution is -2.47. The van der Waals surface area contributed by atoms with E-state index >= 15 is 0 Å². The van der Waals surface area contributed by atoms with Crippen LogP contribution in [0.25, 0.3) is 0 Å². The molecule has 1 atom stereocenters. The summed E-state index contributed by atoms with van der Waals surface area (Å²) in [7, 11) is 0. The Morgan fingerprint density at radius 3 is 2.55 bits per heavy atom. The molecule has 0 radical (unpaired) electrons. The minimum atomic E-state index is -4.93. The minimum absolute atomic E-state index is 0.173. The molecule has 1 aliphatic rings. The molecular weight excluding hydrogens is 281 g/mol. The summed E-state index contributed by atoms with van der Waals surface area (Å²) in [5.41, 5.74) is -2.54. The molecule has 2 rings (SSSR count). The normalized spacial score (nSPS) is 23.1. The summed E-state index contributed by atoms with van der Waals surface area (Å²) >= 11 is 0. The number of rotatable bonds is 2. The summed E-state index contributed by atoms with van der Waals surface area (Å²) < 4.78 is 43.6. The summed E-state index contributed by atoms with van der Waals surface area (Å²) in [4.78, 5) is 23.8. The van der Waals surface area contributed by atoms with Crippen molar-refractivity contribution in [3.05, 3.63) is 17.5 Å². The highest BCUT2D eigenvalue weighted by atomic mass is 19.4. The number of hydrogen-bond donors (Lipinski definition) is 1. The van der Waals surface area contributed by atoms with Crippen molar-refractivity contribution in [2.45, 2.75) is 19.5 Å². The molecule has 1 aromatic heterocycles. The maximum Gasteiger partial charge on any atom is 0.406 e. The van der Waals surface area contributed by atoms with E-state index < -0.39 is 36.4 Å². The molecule has 0 bridgehead atoms. The average Bonchev–Trinajstić information content (AvgIpc) is 2.93. The fourth-order valence-corrected chi connectivity index (χ4v) is 2.15. The van der Waals surface area contributed by atoms with Gasteiger partial charge in [-0.25, -0.2) is 0 Å². The first kappa shape index (κ1) is 14.4. The molecular formula is C11H11F3N2O4. The molecule has 1 fully saturated rings. The van der Waals surface area contributed by atoms with Gasteiger partial charge in [-0.3, -0.25) is 9.59 Å². The quantitative estimate of drug-likeness (QED) is 0.892. The number of hydrogen-bond acceptors (Lipinski definition) is 4. The first-order valence-corrected chi connectivity index (χ1v) is 5.70. The van der Waals surface area contributed by atoms with Gasteiger partial charge in [-0.15, -0.1) is 0 Å². The number of aliphatic carboxylic acids is 1. The number of carboxylic acid groups (broad SMARTS) is 1. The molecule has 1 saturated heterocycles. The fourth-order valence-electron chi connectivity index (χ4n) is 2.15. The Balaban J connectivity index is 2.26. The molecule has 2 heterocycles. The Hall–Kier alpha value is -2.06. The van der Waals surface area contributed by atoms with E-state index in [1.54, 1.807) is 0 Å². The zero-order valence-electron chi connectivity index (χ0n) is 10.4. The van der Waals surface area contributed by atoms with Crippen molar-refractivity contribution in [2.75, 3.05) is 13.1 Å². The van der Waals surface area contributed by atoms with Crippen LogP contribution in [0.1, 0.15) is 22.5 Å². The number of carbonyl (C=O) groups excluding carboxylic acids is 1. The first-order valence-electron chi connectivity index (χ1n) is 5.70. The van der Waals surface area contributed by atoms with Gasteiger partial charge in [0.2, 0.25) is 5.76 Å². The number of carboxylic acids is 1. The third-order valence-electron chi connectivity index (χ3n) is 3.45. The number of amides is 1. The second kappa shape index (κ2) is 4.50. The summed E-state index contributed by atoms with van der Waals surface area (Å²) in [5.74, 6) is -2.93. The van der Waals surface area contributed by atoms with Crippen molar-refractivity contribution in [1.29, 1.82) is 0 Å². The van der Waals surface area contributed by atoms with Gasteiger partial charge >= 0.3 is 12.1 Å². The van der Waals surface area contributed by atoms with Crippen molar-refractivity contribution in [3.63, 3.8) is 0 Å². The van der Waals surface area contributed by atoms with Crippen LogP contribution in [0.4, 0.5) is 13.2 Å². The molecule has 20 heavy (non-hydrogen) atoms. The van der Waals surface area contributed by atoms with Crippen LogP contribution in [-0.4, -0.2) is 46.3 Å². The van der Waals surface area contributed by atoms with Crippen LogP contribution in [0.5, 0.6) is 0 Å². The van der Waals surface area contributed by atoms with Gasteiger partial charge in [-0.1, -0.05) is 5.16 Å². The van der Waals surface area contributed by atoms with Gasteiger partial charge in [0.1, 0.15) is 0 Å². The van der Waals surface area contributed by atoms with Gasteiger partial charge in [-0.2, -0.15) is 13.2 Å². The van der Waals surface area contributed by atoms with Crippen LogP contribution in [0, 0.1) is 12.3 Å². The number of aromatic nitrogens is 1. The van der Waals surface area contributed by atoms with E-state index in [0.29, 0.717) is 5.56 Å². The number of nitrogens with zero attached hydrogens (tertiary/aromatic N) is 2. The molecule has 1 aliphatic heterocycles. The number of aryl methyl sites for hydroxylation is 1. The molecule has 1 N–H and O–H groups in total. The van der Waals surface area contributed by atoms with Crippen molar-refractivity contribution >= 4 is 11.9 Å². The van der Waals surface area contributed by atoms with E-state index in [2.05, 4.69) is 9.68 Å². The number of halogens is 3. The molecule has 1 amide bonds. The average molecular weight is 292 g/mol. The summed E-state index contributed by atoms with van der Waals surface area (Å²) in [5, 5.41) is 12.3. The van der Waals surface area contributed by atoms with Crippen LogP contribution in [0.15, 0.2) is 10.7 Å². The van der Waals surface area contributed by atoms with Gasteiger partial charge in [0.05, 0.1) is 6.20 Å². The molecule has 0 spiro atoms. The molecule has 0 saturated carbocycles. The van der Waals surface area contributed by atoms with E-state index in [1.165, 1.54) is 13.1 Å². The van der Waals surface area contributed by atoms with Crippen molar-refractivity contribution in [1.82, 2.24) is 10.1 Å². The number of carbonyl (C=O) groups is 2. The highest BCUT2D eigenvalue weighted by Gasteiger charge is 2.64. The van der Waals surface area contributed by atoms with Crippen molar-refractivity contribution < 1.29 is 32.4 Å². The van der Waals surface area contributed by atoms with Crippen LogP contribution in [0.2, 0.25) is 0 Å². The van der Waals surface area contributed by atoms with E-state index in [9.17, 15) is 22.8 Å². The van der Waals surface area contributed by atoms with Crippen LogP contribution in [-0.2, 0) is 4.79 Å². The van der Waals surface area contributed by atoms with E-state index in [4.69, 9.17) is 5.11 Å². The lowest BCUT2D eigenvalue weighted by molar-refractivity contribution is -0.227. The third-order valence-corrected chi connectivity index (χ3v) is 3.45. The standard InChI is InChI=1S/C11H11F3N2O4/c1-6-4-15-20-7(6)8(17)16-3-2-10(5-16,9(18)19)11(12,13)14/h4H,2-3,5H2,1H3,(H,18,19). The molecule has 110 valence electrons. The van der Waals surface area contributed by atoms with Gasteiger partial charge in [0.25, 0.3) is 5.91 Å². The zero-order chi connectivity index (χ0) is 15.1. The second-order valence-electron chi connectivity index (χ2n) is 4.70. The lowest BCUT2D eigenvalue weighted by Gasteiger charge is -2.26. The topological polar surface area (TPSA) is 83.6 Å². The van der Waals surface area contributed by atoms with Gasteiger partial charge < -0.3 is 14.5 Å². The fraction of sp³-hybridized carbons (Fsp3) is 0.545. The summed E-state index contributed by atoms with van der Waals surface area (Å²) in [6.45, 7) is 0.295. The molecule has 1 unspecified atom stereocenters. The molecule has 0 aromatic carbocycles. The molecule has 6 nitrogen and oxygen atoms in total. The maximum atomic E-state index is 13.0. The summed E-state index contributed by atoms with van der Waals surface area (Å²) in [6, 6.07) is 0. The Kier molecular flexibility index (Phi) is 3.23. The predicted octanol–water partition coefficient (Wildman–Crippen LogP) is 1.46. The Morgan fingerprint density at radius 2 is 2.15 bits per heavy atom. The van der Waals surface area contributed by atoms with E-state index in [-0.39, 0.29) is 12.3 Å². The maximum absolute atomic E-state index is 13.0. The first-order chi connectivity index (χ1) is 9.19. The monoisotopic (exact) mass is 292 g/mol. The van der Waals surface area contributed by atoms with E-state index in [1.807, 2.05) is 0 Å².